The second-order valence-electron chi connectivity index (χ2n) is 10.2. The van der Waals surface area contributed by atoms with Crippen LogP contribution in [0.25, 0.3) is 11.1 Å². The summed E-state index contributed by atoms with van der Waals surface area (Å²) < 4.78 is 0. The van der Waals surface area contributed by atoms with Crippen LogP contribution >= 0.6 is 0 Å². The molecule has 0 aliphatic rings. The molecule has 0 spiro atoms. The molecule has 6 nitrogen and oxygen atoms in total. The number of hydrogen-bond donors (Lipinski definition) is 3. The zero-order valence-electron chi connectivity index (χ0n) is 23.0. The van der Waals surface area contributed by atoms with E-state index in [9.17, 15) is 19.5 Å². The highest BCUT2D eigenvalue weighted by Crippen LogP contribution is 2.27. The minimum absolute atomic E-state index is 0.0366. The SMILES string of the molecule is Cc1ccc(NC(=O)Nc2ccc(-c3ccc(C(=O)CC(CCc4ccccc4)C(=O)O)cc3)c(C)c2)cc1C. The maximum atomic E-state index is 12.9. The van der Waals surface area contributed by atoms with Crippen LogP contribution in [-0.2, 0) is 11.2 Å². The Morgan fingerprint density at radius 2 is 1.35 bits per heavy atom. The van der Waals surface area contributed by atoms with Crippen LogP contribution in [0, 0.1) is 26.7 Å². The Morgan fingerprint density at radius 1 is 0.725 bits per heavy atom. The molecule has 0 saturated carbocycles. The van der Waals surface area contributed by atoms with Gasteiger partial charge in [-0.3, -0.25) is 9.59 Å². The largest absolute Gasteiger partial charge is 0.481 e. The van der Waals surface area contributed by atoms with Gasteiger partial charge in [0.25, 0.3) is 0 Å². The Hall–Kier alpha value is -4.71. The predicted molar refractivity (Wildman–Crippen MR) is 160 cm³/mol. The van der Waals surface area contributed by atoms with Gasteiger partial charge in [0.2, 0.25) is 0 Å². The van der Waals surface area contributed by atoms with Gasteiger partial charge in [-0.15, -0.1) is 0 Å². The lowest BCUT2D eigenvalue weighted by Gasteiger charge is -2.13. The van der Waals surface area contributed by atoms with E-state index in [1.54, 1.807) is 12.1 Å². The average Bonchev–Trinajstić information content (AvgIpc) is 2.93. The number of aryl methyl sites for hydroxylation is 4. The van der Waals surface area contributed by atoms with Crippen molar-refractivity contribution in [2.24, 2.45) is 5.92 Å². The fourth-order valence-corrected chi connectivity index (χ4v) is 4.65. The lowest BCUT2D eigenvalue weighted by molar-refractivity contribution is -0.141. The van der Waals surface area contributed by atoms with Gasteiger partial charge < -0.3 is 15.7 Å². The summed E-state index contributed by atoms with van der Waals surface area (Å²) in [7, 11) is 0. The lowest BCUT2D eigenvalue weighted by Crippen LogP contribution is -2.19. The molecule has 0 saturated heterocycles. The first-order chi connectivity index (χ1) is 19.2. The van der Waals surface area contributed by atoms with Gasteiger partial charge in [0.1, 0.15) is 0 Å². The molecule has 204 valence electrons. The number of aliphatic carboxylic acids is 1. The fourth-order valence-electron chi connectivity index (χ4n) is 4.65. The predicted octanol–water partition coefficient (Wildman–Crippen LogP) is 7.83. The Balaban J connectivity index is 1.37. The van der Waals surface area contributed by atoms with Crippen LogP contribution in [0.15, 0.2) is 91.0 Å². The molecule has 4 rings (SSSR count). The summed E-state index contributed by atoms with van der Waals surface area (Å²) in [6, 6.07) is 28.1. The van der Waals surface area contributed by atoms with E-state index in [4.69, 9.17) is 0 Å². The number of carbonyl (C=O) groups excluding carboxylic acids is 2. The third-order valence-electron chi connectivity index (χ3n) is 7.17. The highest BCUT2D eigenvalue weighted by Gasteiger charge is 2.22. The number of Topliss-reactive ketones (excluding diaryl/α,β-unsaturated/α-hetero) is 1. The van der Waals surface area contributed by atoms with E-state index in [1.807, 2.05) is 99.6 Å². The van der Waals surface area contributed by atoms with Crippen molar-refractivity contribution in [1.82, 2.24) is 0 Å². The van der Waals surface area contributed by atoms with Gasteiger partial charge in [-0.1, -0.05) is 66.7 Å². The van der Waals surface area contributed by atoms with Crippen molar-refractivity contribution in [3.05, 3.63) is 119 Å². The molecule has 0 fully saturated rings. The molecule has 0 aromatic heterocycles. The highest BCUT2D eigenvalue weighted by atomic mass is 16.4. The summed E-state index contributed by atoms with van der Waals surface area (Å²) in [6.45, 7) is 5.99. The molecule has 1 unspecified atom stereocenters. The monoisotopic (exact) mass is 534 g/mol. The normalized spacial score (nSPS) is 11.5. The minimum atomic E-state index is -0.951. The van der Waals surface area contributed by atoms with E-state index in [1.165, 1.54) is 0 Å². The van der Waals surface area contributed by atoms with Crippen LogP contribution in [-0.4, -0.2) is 22.9 Å². The number of anilines is 2. The molecule has 4 aromatic rings. The average molecular weight is 535 g/mol. The van der Waals surface area contributed by atoms with E-state index in [-0.39, 0.29) is 18.2 Å². The van der Waals surface area contributed by atoms with Crippen LogP contribution in [0.2, 0.25) is 0 Å². The van der Waals surface area contributed by atoms with Crippen molar-refractivity contribution >= 4 is 29.2 Å². The highest BCUT2D eigenvalue weighted by molar-refractivity contribution is 6.00. The van der Waals surface area contributed by atoms with Crippen LogP contribution in [0.4, 0.5) is 16.2 Å². The Kier molecular flexibility index (Phi) is 9.12. The number of carboxylic acids is 1. The number of benzene rings is 4. The van der Waals surface area contributed by atoms with Gasteiger partial charge in [-0.05, 0) is 91.3 Å². The summed E-state index contributed by atoms with van der Waals surface area (Å²) in [4.78, 5) is 37.2. The minimum Gasteiger partial charge on any atom is -0.481 e. The molecule has 0 bridgehead atoms. The molecule has 0 aliphatic carbocycles. The van der Waals surface area contributed by atoms with Crippen molar-refractivity contribution in [2.45, 2.75) is 40.0 Å². The van der Waals surface area contributed by atoms with E-state index in [0.717, 1.165) is 39.1 Å². The molecule has 0 aliphatic heterocycles. The van der Waals surface area contributed by atoms with Crippen LogP contribution < -0.4 is 10.6 Å². The molecule has 3 N–H and O–H groups in total. The second-order valence-corrected chi connectivity index (χ2v) is 10.2. The molecular weight excluding hydrogens is 500 g/mol. The van der Waals surface area contributed by atoms with Gasteiger partial charge in [-0.25, -0.2) is 4.79 Å². The molecular formula is C34H34N2O4. The second kappa shape index (κ2) is 12.9. The van der Waals surface area contributed by atoms with Gasteiger partial charge in [0.15, 0.2) is 5.78 Å². The third-order valence-corrected chi connectivity index (χ3v) is 7.17. The number of ketones is 1. The van der Waals surface area contributed by atoms with Gasteiger partial charge >= 0.3 is 12.0 Å². The summed E-state index contributed by atoms with van der Waals surface area (Å²) in [5, 5.41) is 15.4. The van der Waals surface area contributed by atoms with Crippen molar-refractivity contribution in [2.75, 3.05) is 10.6 Å². The first-order valence-electron chi connectivity index (χ1n) is 13.4. The Morgan fingerprint density at radius 3 is 1.95 bits per heavy atom. The number of urea groups is 1. The number of hydrogen-bond acceptors (Lipinski definition) is 3. The van der Waals surface area contributed by atoms with Crippen molar-refractivity contribution in [1.29, 1.82) is 0 Å². The van der Waals surface area contributed by atoms with Gasteiger partial charge in [-0.2, -0.15) is 0 Å². The lowest BCUT2D eigenvalue weighted by atomic mass is 9.91. The van der Waals surface area contributed by atoms with Gasteiger partial charge in [0, 0.05) is 23.4 Å². The van der Waals surface area contributed by atoms with E-state index >= 15 is 0 Å². The Labute approximate surface area is 235 Å². The van der Waals surface area contributed by atoms with Crippen molar-refractivity contribution < 1.29 is 19.5 Å². The number of rotatable bonds is 10. The topological polar surface area (TPSA) is 95.5 Å². The number of carbonyl (C=O) groups is 3. The van der Waals surface area contributed by atoms with Crippen molar-refractivity contribution in [3.8, 4) is 11.1 Å². The molecule has 0 radical (unpaired) electrons. The molecule has 2 amide bonds. The third kappa shape index (κ3) is 7.44. The van der Waals surface area contributed by atoms with E-state index in [2.05, 4.69) is 10.6 Å². The quantitative estimate of drug-likeness (QED) is 0.181. The number of carboxylic acid groups (broad SMARTS) is 1. The molecule has 4 aromatic carbocycles. The molecule has 1 atom stereocenters. The van der Waals surface area contributed by atoms with Crippen molar-refractivity contribution in [3.63, 3.8) is 0 Å². The summed E-state index contributed by atoms with van der Waals surface area (Å²) in [6.07, 6.45) is 0.984. The van der Waals surface area contributed by atoms with E-state index < -0.39 is 11.9 Å². The zero-order valence-corrected chi connectivity index (χ0v) is 23.0. The molecule has 0 heterocycles. The van der Waals surface area contributed by atoms with E-state index in [0.29, 0.717) is 24.1 Å². The Bertz CT molecular complexity index is 1510. The maximum absolute atomic E-state index is 12.9. The molecule has 40 heavy (non-hydrogen) atoms. The van der Waals surface area contributed by atoms with Crippen LogP contribution in [0.3, 0.4) is 0 Å². The first-order valence-corrected chi connectivity index (χ1v) is 13.4. The fraction of sp³-hybridized carbons (Fsp3) is 0.206. The standard InChI is InChI=1S/C34H34N2O4/c1-22-9-16-29(19-23(22)2)35-34(40)36-30-17-18-31(24(3)20-30)26-12-14-27(15-13-26)32(37)21-28(33(38)39)11-10-25-7-5-4-6-8-25/h4-9,12-20,28H,10-11,21H2,1-3H3,(H,38,39)(H2,35,36,40). The number of nitrogens with one attached hydrogen (secondary N) is 2. The van der Waals surface area contributed by atoms with Gasteiger partial charge in [0.05, 0.1) is 5.92 Å². The summed E-state index contributed by atoms with van der Waals surface area (Å²) >= 11 is 0. The summed E-state index contributed by atoms with van der Waals surface area (Å²) in [5.41, 5.74) is 8.10. The van der Waals surface area contributed by atoms with Crippen LogP contribution in [0.1, 0.15) is 45.5 Å². The molecule has 6 heteroatoms. The summed E-state index contributed by atoms with van der Waals surface area (Å²) in [5.74, 6) is -1.87. The zero-order chi connectivity index (χ0) is 28.6. The van der Waals surface area contributed by atoms with Crippen LogP contribution in [0.5, 0.6) is 0 Å². The maximum Gasteiger partial charge on any atom is 0.323 e. The first kappa shape index (κ1) is 28.3. The smallest absolute Gasteiger partial charge is 0.323 e. The number of amides is 2.